The smallest absolute Gasteiger partial charge is 0.239 e. The van der Waals surface area contributed by atoms with Gasteiger partial charge in [0.1, 0.15) is 6.04 Å². The van der Waals surface area contributed by atoms with E-state index in [1.165, 1.54) is 0 Å². The van der Waals surface area contributed by atoms with Crippen LogP contribution in [-0.2, 0) is 9.53 Å². The minimum atomic E-state index is -0.110. The van der Waals surface area contributed by atoms with Gasteiger partial charge in [-0.3, -0.25) is 9.69 Å². The van der Waals surface area contributed by atoms with E-state index in [0.29, 0.717) is 19.2 Å². The second-order valence-corrected chi connectivity index (χ2v) is 4.55. The van der Waals surface area contributed by atoms with Gasteiger partial charge in [0.2, 0.25) is 5.91 Å². The van der Waals surface area contributed by atoms with Gasteiger partial charge < -0.3 is 15.8 Å². The molecule has 0 aromatic heterocycles. The molecule has 2 rings (SSSR count). The number of morpholine rings is 1. The van der Waals surface area contributed by atoms with Crippen LogP contribution in [-0.4, -0.2) is 55.7 Å². The number of nitrogens with two attached hydrogens (primary N) is 1. The Morgan fingerprint density at radius 3 is 3.00 bits per heavy atom. The number of carbonyl (C=O) groups excluding carboxylic acids is 1. The van der Waals surface area contributed by atoms with Crippen molar-refractivity contribution in [3.63, 3.8) is 0 Å². The molecule has 1 unspecified atom stereocenters. The molecule has 1 saturated heterocycles. The van der Waals surface area contributed by atoms with Gasteiger partial charge >= 0.3 is 0 Å². The molecule has 5 nitrogen and oxygen atoms in total. The summed E-state index contributed by atoms with van der Waals surface area (Å²) in [6.45, 7) is 3.64. The number of nitrogens with zero attached hydrogens (tertiary/aromatic N) is 1. The zero-order chi connectivity index (χ0) is 11.4. The van der Waals surface area contributed by atoms with E-state index >= 15 is 0 Å². The fourth-order valence-electron chi connectivity index (χ4n) is 1.97. The highest BCUT2D eigenvalue weighted by atomic mass is 16.5. The molecule has 1 saturated carbocycles. The molecule has 5 heteroatoms. The van der Waals surface area contributed by atoms with Crippen LogP contribution in [0.2, 0.25) is 0 Å². The topological polar surface area (TPSA) is 67.6 Å². The van der Waals surface area contributed by atoms with Crippen LogP contribution in [0.15, 0.2) is 0 Å². The summed E-state index contributed by atoms with van der Waals surface area (Å²) in [4.78, 5) is 14.1. The first-order valence-electron chi connectivity index (χ1n) is 6.13. The number of amides is 1. The average molecular weight is 227 g/mol. The lowest BCUT2D eigenvalue weighted by molar-refractivity contribution is -0.132. The number of ether oxygens (including phenoxy) is 1. The maximum absolute atomic E-state index is 12.0. The third kappa shape index (κ3) is 3.17. The van der Waals surface area contributed by atoms with Crippen molar-refractivity contribution in [1.29, 1.82) is 0 Å². The van der Waals surface area contributed by atoms with E-state index in [1.54, 1.807) is 0 Å². The van der Waals surface area contributed by atoms with Crippen LogP contribution in [0.1, 0.15) is 19.3 Å². The SMILES string of the molecule is NCCCN1CCOCC1C(=O)NC1CC1. The fourth-order valence-corrected chi connectivity index (χ4v) is 1.97. The molecule has 1 atom stereocenters. The van der Waals surface area contributed by atoms with Gasteiger partial charge in [-0.2, -0.15) is 0 Å². The van der Waals surface area contributed by atoms with Crippen molar-refractivity contribution < 1.29 is 9.53 Å². The summed E-state index contributed by atoms with van der Waals surface area (Å²) < 4.78 is 5.38. The highest BCUT2D eigenvalue weighted by molar-refractivity contribution is 5.82. The van der Waals surface area contributed by atoms with Crippen LogP contribution < -0.4 is 11.1 Å². The van der Waals surface area contributed by atoms with E-state index in [1.807, 2.05) is 0 Å². The molecule has 1 amide bonds. The maximum atomic E-state index is 12.0. The number of hydrogen-bond acceptors (Lipinski definition) is 4. The molecule has 2 aliphatic rings. The van der Waals surface area contributed by atoms with Crippen LogP contribution in [0.25, 0.3) is 0 Å². The van der Waals surface area contributed by atoms with Crippen molar-refractivity contribution in [2.24, 2.45) is 5.73 Å². The quantitative estimate of drug-likeness (QED) is 0.652. The van der Waals surface area contributed by atoms with Crippen molar-refractivity contribution in [3.05, 3.63) is 0 Å². The highest BCUT2D eigenvalue weighted by Crippen LogP contribution is 2.19. The first-order valence-corrected chi connectivity index (χ1v) is 6.13. The molecular formula is C11H21N3O2. The third-order valence-electron chi connectivity index (χ3n) is 3.12. The van der Waals surface area contributed by atoms with Crippen molar-refractivity contribution in [1.82, 2.24) is 10.2 Å². The van der Waals surface area contributed by atoms with Crippen LogP contribution in [0.4, 0.5) is 0 Å². The lowest BCUT2D eigenvalue weighted by Gasteiger charge is -2.34. The summed E-state index contributed by atoms with van der Waals surface area (Å²) in [5.41, 5.74) is 5.50. The van der Waals surface area contributed by atoms with Crippen molar-refractivity contribution in [3.8, 4) is 0 Å². The summed E-state index contributed by atoms with van der Waals surface area (Å²) in [7, 11) is 0. The summed E-state index contributed by atoms with van der Waals surface area (Å²) in [5.74, 6) is 0.124. The average Bonchev–Trinajstić information content (AvgIpc) is 3.10. The van der Waals surface area contributed by atoms with E-state index in [4.69, 9.17) is 10.5 Å². The molecule has 3 N–H and O–H groups in total. The zero-order valence-electron chi connectivity index (χ0n) is 9.65. The molecule has 16 heavy (non-hydrogen) atoms. The summed E-state index contributed by atoms with van der Waals surface area (Å²) in [6.07, 6.45) is 3.19. The van der Waals surface area contributed by atoms with Gasteiger partial charge in [-0.05, 0) is 25.8 Å². The molecule has 0 bridgehead atoms. The zero-order valence-corrected chi connectivity index (χ0v) is 9.65. The molecule has 1 heterocycles. The molecule has 92 valence electrons. The first kappa shape index (κ1) is 11.8. The number of nitrogens with one attached hydrogen (secondary N) is 1. The van der Waals surface area contributed by atoms with Crippen molar-refractivity contribution in [2.45, 2.75) is 31.3 Å². The molecule has 0 aromatic rings. The lowest BCUT2D eigenvalue weighted by atomic mass is 10.2. The van der Waals surface area contributed by atoms with Crippen molar-refractivity contribution in [2.75, 3.05) is 32.8 Å². The molecule has 1 aliphatic carbocycles. The van der Waals surface area contributed by atoms with Crippen LogP contribution in [0.5, 0.6) is 0 Å². The van der Waals surface area contributed by atoms with Crippen LogP contribution >= 0.6 is 0 Å². The molecule has 0 radical (unpaired) electrons. The summed E-state index contributed by atoms with van der Waals surface area (Å²) in [6, 6.07) is 0.312. The number of rotatable bonds is 5. The second kappa shape index (κ2) is 5.61. The largest absolute Gasteiger partial charge is 0.378 e. The minimum absolute atomic E-state index is 0.110. The van der Waals surface area contributed by atoms with Gasteiger partial charge in [-0.1, -0.05) is 0 Å². The Bertz CT molecular complexity index is 243. The van der Waals surface area contributed by atoms with E-state index in [0.717, 1.165) is 39.0 Å². The Labute approximate surface area is 96.3 Å². The molecule has 1 aliphatic heterocycles. The molecular weight excluding hydrogens is 206 g/mol. The third-order valence-corrected chi connectivity index (χ3v) is 3.12. The summed E-state index contributed by atoms with van der Waals surface area (Å²) >= 11 is 0. The minimum Gasteiger partial charge on any atom is -0.378 e. The Morgan fingerprint density at radius 1 is 1.50 bits per heavy atom. The Hall–Kier alpha value is -0.650. The monoisotopic (exact) mass is 227 g/mol. The molecule has 0 aromatic carbocycles. The van der Waals surface area contributed by atoms with Crippen LogP contribution in [0, 0.1) is 0 Å². The Kier molecular flexibility index (Phi) is 4.15. The van der Waals surface area contributed by atoms with E-state index in [-0.39, 0.29) is 11.9 Å². The highest BCUT2D eigenvalue weighted by Gasteiger charge is 2.32. The Morgan fingerprint density at radius 2 is 2.31 bits per heavy atom. The normalized spacial score (nSPS) is 26.7. The predicted molar refractivity (Wildman–Crippen MR) is 61.0 cm³/mol. The van der Waals surface area contributed by atoms with Gasteiger partial charge in [-0.15, -0.1) is 0 Å². The van der Waals surface area contributed by atoms with Gasteiger partial charge in [-0.25, -0.2) is 0 Å². The lowest BCUT2D eigenvalue weighted by Crippen LogP contribution is -2.54. The van der Waals surface area contributed by atoms with Gasteiger partial charge in [0.15, 0.2) is 0 Å². The molecule has 0 spiro atoms. The number of carbonyl (C=O) groups is 1. The van der Waals surface area contributed by atoms with Gasteiger partial charge in [0.25, 0.3) is 0 Å². The first-order chi connectivity index (χ1) is 7.81. The predicted octanol–water partition coefficient (Wildman–Crippen LogP) is -0.685. The maximum Gasteiger partial charge on any atom is 0.239 e. The van der Waals surface area contributed by atoms with E-state index in [2.05, 4.69) is 10.2 Å². The van der Waals surface area contributed by atoms with Crippen LogP contribution in [0.3, 0.4) is 0 Å². The fraction of sp³-hybridized carbons (Fsp3) is 0.909. The second-order valence-electron chi connectivity index (χ2n) is 4.55. The number of hydrogen-bond donors (Lipinski definition) is 2. The van der Waals surface area contributed by atoms with E-state index < -0.39 is 0 Å². The van der Waals surface area contributed by atoms with Gasteiger partial charge in [0.05, 0.1) is 13.2 Å². The van der Waals surface area contributed by atoms with Crippen molar-refractivity contribution >= 4 is 5.91 Å². The standard InChI is InChI=1S/C11H21N3O2/c12-4-1-5-14-6-7-16-8-10(14)11(15)13-9-2-3-9/h9-10H,1-8,12H2,(H,13,15). The molecule has 2 fully saturated rings. The van der Waals surface area contributed by atoms with E-state index in [9.17, 15) is 4.79 Å². The van der Waals surface area contributed by atoms with Gasteiger partial charge in [0, 0.05) is 19.1 Å². The Balaban J connectivity index is 1.84. The summed E-state index contributed by atoms with van der Waals surface area (Å²) in [5, 5.41) is 3.04.